The highest BCUT2D eigenvalue weighted by Crippen LogP contribution is 2.18. The molecule has 2 aromatic rings. The lowest BCUT2D eigenvalue weighted by molar-refractivity contribution is 0.0782. The van der Waals surface area contributed by atoms with E-state index >= 15 is 0 Å². The van der Waals surface area contributed by atoms with Gasteiger partial charge in [-0.1, -0.05) is 11.2 Å². The second kappa shape index (κ2) is 7.63. The molecule has 122 valence electrons. The number of nitrogens with zero attached hydrogens (tertiary/aromatic N) is 2. The first kappa shape index (κ1) is 16.8. The number of carbonyl (C=O) groups excluding carboxylic acids is 1. The van der Waals surface area contributed by atoms with Crippen molar-refractivity contribution < 1.29 is 14.1 Å². The number of likely N-dealkylation sites (N-methyl/N-ethyl adjacent to an activating group) is 1. The predicted molar refractivity (Wildman–Crippen MR) is 88.5 cm³/mol. The van der Waals surface area contributed by atoms with E-state index in [1.807, 2.05) is 20.8 Å². The molecule has 1 aromatic carbocycles. The molecule has 0 unspecified atom stereocenters. The van der Waals surface area contributed by atoms with Crippen molar-refractivity contribution in [2.45, 2.75) is 27.4 Å². The molecule has 0 spiro atoms. The minimum atomic E-state index is -0.00956. The molecule has 0 aliphatic heterocycles. The summed E-state index contributed by atoms with van der Waals surface area (Å²) in [4.78, 5) is 14.1. The molecule has 0 atom stereocenters. The van der Waals surface area contributed by atoms with Crippen molar-refractivity contribution >= 4 is 5.91 Å². The van der Waals surface area contributed by atoms with Gasteiger partial charge in [-0.15, -0.1) is 6.58 Å². The lowest BCUT2D eigenvalue weighted by Crippen LogP contribution is -2.30. The Morgan fingerprint density at radius 2 is 2.04 bits per heavy atom. The summed E-state index contributed by atoms with van der Waals surface area (Å²) in [5.74, 6) is 1.45. The van der Waals surface area contributed by atoms with Gasteiger partial charge in [0.05, 0.1) is 11.3 Å². The van der Waals surface area contributed by atoms with Gasteiger partial charge in [0.2, 0.25) is 0 Å². The molecule has 1 aromatic heterocycles. The van der Waals surface area contributed by atoms with E-state index in [9.17, 15) is 4.79 Å². The summed E-state index contributed by atoms with van der Waals surface area (Å²) in [6.07, 6.45) is 1.72. The maximum absolute atomic E-state index is 12.3. The smallest absolute Gasteiger partial charge is 0.254 e. The molecule has 0 saturated carbocycles. The molecule has 0 radical (unpaired) electrons. The summed E-state index contributed by atoms with van der Waals surface area (Å²) in [5, 5.41) is 3.90. The van der Waals surface area contributed by atoms with Crippen LogP contribution in [0.25, 0.3) is 0 Å². The number of aryl methyl sites for hydroxylation is 2. The average molecular weight is 314 g/mol. The lowest BCUT2D eigenvalue weighted by Gasteiger charge is -2.19. The van der Waals surface area contributed by atoms with Gasteiger partial charge in [0, 0.05) is 18.7 Å². The largest absolute Gasteiger partial charge is 0.489 e. The normalized spacial score (nSPS) is 10.4. The van der Waals surface area contributed by atoms with Gasteiger partial charge in [-0.25, -0.2) is 0 Å². The Kier molecular flexibility index (Phi) is 5.57. The fourth-order valence-electron chi connectivity index (χ4n) is 2.25. The molecule has 2 rings (SSSR count). The topological polar surface area (TPSA) is 55.6 Å². The summed E-state index contributed by atoms with van der Waals surface area (Å²) in [6.45, 7) is 11.0. The quantitative estimate of drug-likeness (QED) is 0.734. The third-order valence-corrected chi connectivity index (χ3v) is 3.68. The van der Waals surface area contributed by atoms with E-state index in [-0.39, 0.29) is 5.91 Å². The number of carbonyl (C=O) groups is 1. The first-order valence-corrected chi connectivity index (χ1v) is 7.61. The summed E-state index contributed by atoms with van der Waals surface area (Å²) in [7, 11) is 0. The van der Waals surface area contributed by atoms with Crippen molar-refractivity contribution in [2.24, 2.45) is 0 Å². The molecular weight excluding hydrogens is 292 g/mol. The number of hydrogen-bond donors (Lipinski definition) is 0. The first-order valence-electron chi connectivity index (χ1n) is 7.61. The minimum Gasteiger partial charge on any atom is -0.489 e. The zero-order chi connectivity index (χ0) is 16.8. The Hall–Kier alpha value is -2.56. The molecule has 0 bridgehead atoms. The molecule has 5 heteroatoms. The van der Waals surface area contributed by atoms with Crippen molar-refractivity contribution in [3.63, 3.8) is 0 Å². The number of rotatable bonds is 7. The summed E-state index contributed by atoms with van der Waals surface area (Å²) in [5.41, 5.74) is 2.42. The molecule has 0 fully saturated rings. The number of amides is 1. The van der Waals surface area contributed by atoms with Crippen LogP contribution in [0.3, 0.4) is 0 Å². The van der Waals surface area contributed by atoms with Gasteiger partial charge in [0.1, 0.15) is 18.1 Å². The van der Waals surface area contributed by atoms with E-state index in [0.29, 0.717) is 31.0 Å². The highest BCUT2D eigenvalue weighted by molar-refractivity contribution is 5.94. The Morgan fingerprint density at radius 3 is 2.57 bits per heavy atom. The van der Waals surface area contributed by atoms with E-state index in [0.717, 1.165) is 17.0 Å². The number of aromatic nitrogens is 1. The standard InChI is InChI=1S/C18H22N2O3/c1-5-11-20(6-2)18(21)15-7-9-16(10-8-15)22-12-17-13(3)19-23-14(17)4/h5,7-10H,1,6,11-12H2,2-4H3. The van der Waals surface area contributed by atoms with Crippen molar-refractivity contribution in [1.82, 2.24) is 10.1 Å². The van der Waals surface area contributed by atoms with Crippen LogP contribution < -0.4 is 4.74 Å². The van der Waals surface area contributed by atoms with Crippen LogP contribution in [-0.2, 0) is 6.61 Å². The van der Waals surface area contributed by atoms with Gasteiger partial charge < -0.3 is 14.2 Å². The van der Waals surface area contributed by atoms with Crippen LogP contribution in [0.5, 0.6) is 5.75 Å². The molecule has 0 N–H and O–H groups in total. The van der Waals surface area contributed by atoms with Gasteiger partial charge in [0.25, 0.3) is 5.91 Å². The first-order chi connectivity index (χ1) is 11.1. The summed E-state index contributed by atoms with van der Waals surface area (Å²) in [6, 6.07) is 7.15. The summed E-state index contributed by atoms with van der Waals surface area (Å²) >= 11 is 0. The monoisotopic (exact) mass is 314 g/mol. The highest BCUT2D eigenvalue weighted by atomic mass is 16.5. The van der Waals surface area contributed by atoms with E-state index in [4.69, 9.17) is 9.26 Å². The molecule has 0 saturated heterocycles. The SMILES string of the molecule is C=CCN(CC)C(=O)c1ccc(OCc2c(C)noc2C)cc1. The Balaban J connectivity index is 2.02. The highest BCUT2D eigenvalue weighted by Gasteiger charge is 2.13. The zero-order valence-corrected chi connectivity index (χ0v) is 13.8. The fourth-order valence-corrected chi connectivity index (χ4v) is 2.25. The van der Waals surface area contributed by atoms with Crippen molar-refractivity contribution in [3.05, 3.63) is 59.5 Å². The Bertz CT molecular complexity index is 655. The average Bonchev–Trinajstić information content (AvgIpc) is 2.89. The minimum absolute atomic E-state index is 0.00956. The predicted octanol–water partition coefficient (Wildman–Crippen LogP) is 3.52. The Morgan fingerprint density at radius 1 is 1.35 bits per heavy atom. The van der Waals surface area contributed by atoms with E-state index < -0.39 is 0 Å². The molecule has 23 heavy (non-hydrogen) atoms. The zero-order valence-electron chi connectivity index (χ0n) is 13.8. The van der Waals surface area contributed by atoms with Crippen molar-refractivity contribution in [1.29, 1.82) is 0 Å². The van der Waals surface area contributed by atoms with Crippen LogP contribution in [0.1, 0.15) is 34.3 Å². The van der Waals surface area contributed by atoms with Gasteiger partial charge in [0.15, 0.2) is 0 Å². The third-order valence-electron chi connectivity index (χ3n) is 3.68. The molecular formula is C18H22N2O3. The van der Waals surface area contributed by atoms with Gasteiger partial charge in [-0.2, -0.15) is 0 Å². The molecule has 5 nitrogen and oxygen atoms in total. The van der Waals surface area contributed by atoms with Crippen LogP contribution in [0.4, 0.5) is 0 Å². The molecule has 1 heterocycles. The van der Waals surface area contributed by atoms with Crippen LogP contribution in [0.15, 0.2) is 41.4 Å². The van der Waals surface area contributed by atoms with Crippen LogP contribution in [-0.4, -0.2) is 29.1 Å². The van der Waals surface area contributed by atoms with Crippen LogP contribution >= 0.6 is 0 Å². The van der Waals surface area contributed by atoms with Gasteiger partial charge in [-0.3, -0.25) is 4.79 Å². The molecule has 1 amide bonds. The number of ether oxygens (including phenoxy) is 1. The van der Waals surface area contributed by atoms with Crippen LogP contribution in [0.2, 0.25) is 0 Å². The van der Waals surface area contributed by atoms with Gasteiger partial charge >= 0.3 is 0 Å². The van der Waals surface area contributed by atoms with Crippen molar-refractivity contribution in [3.8, 4) is 5.75 Å². The molecule has 0 aliphatic carbocycles. The maximum Gasteiger partial charge on any atom is 0.254 e. The van der Waals surface area contributed by atoms with E-state index in [2.05, 4.69) is 11.7 Å². The van der Waals surface area contributed by atoms with Crippen LogP contribution in [0, 0.1) is 13.8 Å². The third kappa shape index (κ3) is 4.00. The number of benzene rings is 1. The summed E-state index contributed by atoms with van der Waals surface area (Å²) < 4.78 is 10.8. The van der Waals surface area contributed by atoms with Crippen molar-refractivity contribution in [2.75, 3.05) is 13.1 Å². The lowest BCUT2D eigenvalue weighted by atomic mass is 10.2. The van der Waals surface area contributed by atoms with E-state index in [1.165, 1.54) is 0 Å². The van der Waals surface area contributed by atoms with Gasteiger partial charge in [-0.05, 0) is 45.0 Å². The second-order valence-corrected chi connectivity index (χ2v) is 5.25. The molecule has 0 aliphatic rings. The second-order valence-electron chi connectivity index (χ2n) is 5.25. The maximum atomic E-state index is 12.3. The van der Waals surface area contributed by atoms with E-state index in [1.54, 1.807) is 35.2 Å². The number of hydrogen-bond acceptors (Lipinski definition) is 4. The fraction of sp³-hybridized carbons (Fsp3) is 0.333. The Labute approximate surface area is 136 Å².